The third-order valence-corrected chi connectivity index (χ3v) is 2.33. The maximum Gasteiger partial charge on any atom is 0.118 e. The van der Waals surface area contributed by atoms with Crippen molar-refractivity contribution in [3.05, 3.63) is 27.7 Å². The largest absolute Gasteiger partial charge is 0.508 e. The summed E-state index contributed by atoms with van der Waals surface area (Å²) in [6.07, 6.45) is 0. The van der Waals surface area contributed by atoms with Gasteiger partial charge in [-0.05, 0) is 37.1 Å². The first-order valence-corrected chi connectivity index (χ1v) is 3.86. The third kappa shape index (κ3) is 1.32. The number of hydrogen-bond donors (Lipinski definition) is 1. The number of benzene rings is 1. The van der Waals surface area contributed by atoms with Crippen molar-refractivity contribution in [2.24, 2.45) is 0 Å². The van der Waals surface area contributed by atoms with E-state index in [0.29, 0.717) is 5.75 Å². The van der Waals surface area contributed by atoms with E-state index in [1.807, 2.05) is 19.9 Å². The summed E-state index contributed by atoms with van der Waals surface area (Å²) in [7, 11) is 0. The van der Waals surface area contributed by atoms with E-state index in [1.54, 1.807) is 6.07 Å². The average Bonchev–Trinajstić information content (AvgIpc) is 1.84. The molecule has 0 aliphatic carbocycles. The molecule has 0 fully saturated rings. The van der Waals surface area contributed by atoms with Crippen LogP contribution in [0.25, 0.3) is 0 Å². The van der Waals surface area contributed by atoms with E-state index in [4.69, 9.17) is 0 Å². The minimum absolute atomic E-state index is 0.362. The fourth-order valence-electron chi connectivity index (χ4n) is 0.766. The smallest absolute Gasteiger partial charge is 0.118 e. The molecule has 54 valence electrons. The van der Waals surface area contributed by atoms with E-state index in [9.17, 15) is 5.11 Å². The van der Waals surface area contributed by atoms with Gasteiger partial charge in [0.05, 0.1) is 0 Å². The highest BCUT2D eigenvalue weighted by atomic mass is 79.9. The number of aromatic hydroxyl groups is 1. The topological polar surface area (TPSA) is 20.2 Å². The Balaban J connectivity index is 3.28. The van der Waals surface area contributed by atoms with Gasteiger partial charge >= 0.3 is 0 Å². The average molecular weight is 201 g/mol. The van der Waals surface area contributed by atoms with Gasteiger partial charge in [-0.25, -0.2) is 0 Å². The van der Waals surface area contributed by atoms with Crippen molar-refractivity contribution in [2.45, 2.75) is 13.8 Å². The SMILES string of the molecule is Cc1cc(Br)c(C)cc1O. The molecule has 0 aliphatic rings. The monoisotopic (exact) mass is 200 g/mol. The Morgan fingerprint density at radius 2 is 1.80 bits per heavy atom. The molecule has 2 heteroatoms. The Kier molecular flexibility index (Phi) is 2.00. The molecule has 0 saturated carbocycles. The Hall–Kier alpha value is -0.500. The third-order valence-electron chi connectivity index (χ3n) is 1.48. The first-order valence-electron chi connectivity index (χ1n) is 3.07. The molecule has 1 aromatic carbocycles. The van der Waals surface area contributed by atoms with E-state index in [0.717, 1.165) is 15.6 Å². The van der Waals surface area contributed by atoms with Gasteiger partial charge in [0.2, 0.25) is 0 Å². The van der Waals surface area contributed by atoms with Crippen LogP contribution in [0.3, 0.4) is 0 Å². The molecule has 0 saturated heterocycles. The van der Waals surface area contributed by atoms with E-state index >= 15 is 0 Å². The Morgan fingerprint density at radius 1 is 1.20 bits per heavy atom. The van der Waals surface area contributed by atoms with Gasteiger partial charge in [0, 0.05) is 4.47 Å². The molecule has 1 nitrogen and oxygen atoms in total. The maximum atomic E-state index is 9.20. The Labute approximate surface area is 68.8 Å². The fourth-order valence-corrected chi connectivity index (χ4v) is 1.22. The quantitative estimate of drug-likeness (QED) is 0.684. The molecular weight excluding hydrogens is 192 g/mol. The van der Waals surface area contributed by atoms with Gasteiger partial charge in [-0.15, -0.1) is 0 Å². The predicted molar refractivity (Wildman–Crippen MR) is 45.3 cm³/mol. The summed E-state index contributed by atoms with van der Waals surface area (Å²) in [6.45, 7) is 3.82. The number of halogens is 1. The molecule has 0 aromatic heterocycles. The number of aryl methyl sites for hydroxylation is 2. The lowest BCUT2D eigenvalue weighted by Gasteiger charge is -2.01. The predicted octanol–water partition coefficient (Wildman–Crippen LogP) is 2.77. The van der Waals surface area contributed by atoms with Gasteiger partial charge in [0.25, 0.3) is 0 Å². The van der Waals surface area contributed by atoms with Crippen LogP contribution in [0.15, 0.2) is 16.6 Å². The molecule has 1 rings (SSSR count). The van der Waals surface area contributed by atoms with Crippen molar-refractivity contribution >= 4 is 15.9 Å². The minimum Gasteiger partial charge on any atom is -0.508 e. The van der Waals surface area contributed by atoms with Crippen LogP contribution in [0.5, 0.6) is 5.75 Å². The summed E-state index contributed by atoms with van der Waals surface area (Å²) in [6, 6.07) is 3.66. The summed E-state index contributed by atoms with van der Waals surface area (Å²) in [5, 5.41) is 9.20. The molecular formula is C8H9BrO. The molecule has 1 N–H and O–H groups in total. The second kappa shape index (κ2) is 2.62. The molecule has 0 amide bonds. The van der Waals surface area contributed by atoms with Crippen molar-refractivity contribution in [3.8, 4) is 5.75 Å². The summed E-state index contributed by atoms with van der Waals surface area (Å²) >= 11 is 3.37. The van der Waals surface area contributed by atoms with Gasteiger partial charge in [-0.1, -0.05) is 15.9 Å². The van der Waals surface area contributed by atoms with Crippen molar-refractivity contribution in [1.29, 1.82) is 0 Å². The van der Waals surface area contributed by atoms with Gasteiger partial charge in [-0.3, -0.25) is 0 Å². The minimum atomic E-state index is 0.362. The van der Waals surface area contributed by atoms with Crippen molar-refractivity contribution in [1.82, 2.24) is 0 Å². The molecule has 0 bridgehead atoms. The molecule has 0 unspecified atom stereocenters. The Morgan fingerprint density at radius 3 is 2.30 bits per heavy atom. The zero-order chi connectivity index (χ0) is 7.72. The number of hydrogen-bond acceptors (Lipinski definition) is 1. The van der Waals surface area contributed by atoms with Crippen molar-refractivity contribution < 1.29 is 5.11 Å². The first kappa shape index (κ1) is 7.61. The molecule has 0 heterocycles. The Bertz CT molecular complexity index is 205. The molecule has 0 aliphatic heterocycles. The highest BCUT2D eigenvalue weighted by Crippen LogP contribution is 2.24. The summed E-state index contributed by atoms with van der Waals surface area (Å²) in [5.41, 5.74) is 1.96. The summed E-state index contributed by atoms with van der Waals surface area (Å²) < 4.78 is 1.04. The second-order valence-corrected chi connectivity index (χ2v) is 3.24. The van der Waals surface area contributed by atoms with Crippen LogP contribution in [-0.2, 0) is 0 Å². The molecule has 10 heavy (non-hydrogen) atoms. The highest BCUT2D eigenvalue weighted by molar-refractivity contribution is 9.10. The standard InChI is InChI=1S/C8H9BrO/c1-5-4-8(10)6(2)3-7(5)9/h3-4,10H,1-2H3. The summed E-state index contributed by atoms with van der Waals surface area (Å²) in [4.78, 5) is 0. The van der Waals surface area contributed by atoms with Gasteiger partial charge < -0.3 is 5.11 Å². The van der Waals surface area contributed by atoms with Crippen molar-refractivity contribution in [3.63, 3.8) is 0 Å². The van der Waals surface area contributed by atoms with Crippen LogP contribution in [0.4, 0.5) is 0 Å². The molecule has 1 aromatic rings. The normalized spacial score (nSPS) is 9.90. The number of phenolic OH excluding ortho intramolecular Hbond substituents is 1. The van der Waals surface area contributed by atoms with Crippen LogP contribution in [0.2, 0.25) is 0 Å². The lowest BCUT2D eigenvalue weighted by atomic mass is 10.1. The maximum absolute atomic E-state index is 9.20. The van der Waals surface area contributed by atoms with Gasteiger partial charge in [-0.2, -0.15) is 0 Å². The van der Waals surface area contributed by atoms with Crippen molar-refractivity contribution in [2.75, 3.05) is 0 Å². The second-order valence-electron chi connectivity index (χ2n) is 2.39. The van der Waals surface area contributed by atoms with Gasteiger partial charge in [0.1, 0.15) is 5.75 Å². The fraction of sp³-hybridized carbons (Fsp3) is 0.250. The zero-order valence-electron chi connectivity index (χ0n) is 5.98. The van der Waals surface area contributed by atoms with Crippen LogP contribution in [0.1, 0.15) is 11.1 Å². The first-order chi connectivity index (χ1) is 4.61. The highest BCUT2D eigenvalue weighted by Gasteiger charge is 1.98. The molecule has 0 atom stereocenters. The van der Waals surface area contributed by atoms with E-state index < -0.39 is 0 Å². The number of rotatable bonds is 0. The summed E-state index contributed by atoms with van der Waals surface area (Å²) in [5.74, 6) is 0.362. The number of phenols is 1. The lowest BCUT2D eigenvalue weighted by molar-refractivity contribution is 0.470. The lowest BCUT2D eigenvalue weighted by Crippen LogP contribution is -1.78. The molecule has 0 spiro atoms. The van der Waals surface area contributed by atoms with Crippen LogP contribution < -0.4 is 0 Å². The molecule has 0 radical (unpaired) electrons. The van der Waals surface area contributed by atoms with Crippen LogP contribution in [0, 0.1) is 13.8 Å². The van der Waals surface area contributed by atoms with Gasteiger partial charge in [0.15, 0.2) is 0 Å². The zero-order valence-corrected chi connectivity index (χ0v) is 7.57. The van der Waals surface area contributed by atoms with E-state index in [-0.39, 0.29) is 0 Å². The van der Waals surface area contributed by atoms with Crippen LogP contribution in [-0.4, -0.2) is 5.11 Å². The van der Waals surface area contributed by atoms with E-state index in [2.05, 4.69) is 15.9 Å². The van der Waals surface area contributed by atoms with Crippen LogP contribution >= 0.6 is 15.9 Å². The van der Waals surface area contributed by atoms with E-state index in [1.165, 1.54) is 0 Å².